The number of hydrogen-bond acceptors (Lipinski definition) is 3. The molecule has 0 amide bonds. The van der Waals surface area contributed by atoms with Crippen molar-refractivity contribution in [2.45, 2.75) is 57.2 Å². The normalized spacial score (nSPS) is 23.8. The number of fused-ring (bicyclic) bond motifs is 1. The van der Waals surface area contributed by atoms with Gasteiger partial charge in [0.05, 0.1) is 12.2 Å². The van der Waals surface area contributed by atoms with Crippen molar-refractivity contribution in [3.63, 3.8) is 0 Å². The molecule has 1 saturated carbocycles. The Bertz CT molecular complexity index is 452. The number of aryl methyl sites for hydroxylation is 1. The second kappa shape index (κ2) is 6.15. The Hall–Kier alpha value is -1.06. The molecule has 0 aromatic heterocycles. The highest BCUT2D eigenvalue weighted by molar-refractivity contribution is 5.39. The van der Waals surface area contributed by atoms with E-state index >= 15 is 0 Å². The van der Waals surface area contributed by atoms with E-state index in [0.29, 0.717) is 12.5 Å². The molecule has 0 saturated heterocycles. The van der Waals surface area contributed by atoms with Gasteiger partial charge in [0, 0.05) is 0 Å². The zero-order chi connectivity index (χ0) is 13.9. The zero-order valence-corrected chi connectivity index (χ0v) is 11.9. The number of hydrogen-bond donors (Lipinski definition) is 2. The van der Waals surface area contributed by atoms with Gasteiger partial charge in [-0.2, -0.15) is 0 Å². The van der Waals surface area contributed by atoms with Crippen molar-refractivity contribution in [3.05, 3.63) is 29.3 Å². The van der Waals surface area contributed by atoms with E-state index in [1.807, 2.05) is 18.2 Å². The Morgan fingerprint density at radius 1 is 1.20 bits per heavy atom. The second-order valence-corrected chi connectivity index (χ2v) is 6.27. The third-order valence-corrected chi connectivity index (χ3v) is 4.68. The van der Waals surface area contributed by atoms with Crippen LogP contribution in [0.1, 0.15) is 55.8 Å². The van der Waals surface area contributed by atoms with Gasteiger partial charge in [0.1, 0.15) is 12.4 Å². The standard InChI is InChI=1S/C17H24O3/c18-14(9-12-3-1-2-4-12)11-20-15-6-7-16-13(10-15)5-8-17(16)19/h6-7,10,12,14,17-19H,1-5,8-9,11H2/t14?,17-/m1/s1. The SMILES string of the molecule is OC(COc1ccc2c(c1)CC[C@H]2O)CC1CCCC1. The van der Waals surface area contributed by atoms with Gasteiger partial charge in [-0.25, -0.2) is 0 Å². The van der Waals surface area contributed by atoms with E-state index in [-0.39, 0.29) is 12.2 Å². The number of ether oxygens (including phenoxy) is 1. The molecule has 0 radical (unpaired) electrons. The first-order valence-corrected chi connectivity index (χ1v) is 7.84. The molecule has 20 heavy (non-hydrogen) atoms. The van der Waals surface area contributed by atoms with E-state index in [4.69, 9.17) is 4.74 Å². The molecule has 2 atom stereocenters. The van der Waals surface area contributed by atoms with Crippen molar-refractivity contribution < 1.29 is 14.9 Å². The monoisotopic (exact) mass is 276 g/mol. The van der Waals surface area contributed by atoms with Gasteiger partial charge in [-0.1, -0.05) is 31.7 Å². The minimum Gasteiger partial charge on any atom is -0.491 e. The third-order valence-electron chi connectivity index (χ3n) is 4.68. The molecular weight excluding hydrogens is 252 g/mol. The van der Waals surface area contributed by atoms with Gasteiger partial charge in [0.2, 0.25) is 0 Å². The van der Waals surface area contributed by atoms with Crippen molar-refractivity contribution in [2.24, 2.45) is 5.92 Å². The minimum atomic E-state index is -0.364. The van der Waals surface area contributed by atoms with Crippen molar-refractivity contribution in [2.75, 3.05) is 6.61 Å². The van der Waals surface area contributed by atoms with Crippen LogP contribution in [0.15, 0.2) is 18.2 Å². The minimum absolute atomic E-state index is 0.313. The third kappa shape index (κ3) is 3.15. The molecule has 110 valence electrons. The molecule has 0 aliphatic heterocycles. The molecular formula is C17H24O3. The first-order valence-electron chi connectivity index (χ1n) is 7.84. The summed E-state index contributed by atoms with van der Waals surface area (Å²) in [5.41, 5.74) is 2.21. The summed E-state index contributed by atoms with van der Waals surface area (Å²) in [6, 6.07) is 5.86. The van der Waals surface area contributed by atoms with Gasteiger partial charge in [-0.15, -0.1) is 0 Å². The molecule has 2 N–H and O–H groups in total. The molecule has 3 heteroatoms. The molecule has 3 nitrogen and oxygen atoms in total. The van der Waals surface area contributed by atoms with E-state index < -0.39 is 0 Å². The lowest BCUT2D eigenvalue weighted by molar-refractivity contribution is 0.0855. The van der Waals surface area contributed by atoms with E-state index in [1.165, 1.54) is 31.2 Å². The summed E-state index contributed by atoms with van der Waals surface area (Å²) in [4.78, 5) is 0. The molecule has 3 rings (SSSR count). The quantitative estimate of drug-likeness (QED) is 0.869. The number of aliphatic hydroxyl groups is 2. The lowest BCUT2D eigenvalue weighted by atomic mass is 10.0. The fourth-order valence-electron chi connectivity index (χ4n) is 3.55. The summed E-state index contributed by atoms with van der Waals surface area (Å²) < 4.78 is 5.71. The van der Waals surface area contributed by atoms with Gasteiger partial charge >= 0.3 is 0 Å². The fraction of sp³-hybridized carbons (Fsp3) is 0.647. The Kier molecular flexibility index (Phi) is 4.27. The number of benzene rings is 1. The van der Waals surface area contributed by atoms with Crippen LogP contribution < -0.4 is 4.74 Å². The van der Waals surface area contributed by atoms with E-state index in [1.54, 1.807) is 0 Å². The van der Waals surface area contributed by atoms with Gasteiger partial charge in [0.25, 0.3) is 0 Å². The van der Waals surface area contributed by atoms with Crippen LogP contribution in [0.4, 0.5) is 0 Å². The van der Waals surface area contributed by atoms with E-state index in [9.17, 15) is 10.2 Å². The van der Waals surface area contributed by atoms with Crippen LogP contribution >= 0.6 is 0 Å². The van der Waals surface area contributed by atoms with E-state index in [0.717, 1.165) is 30.6 Å². The number of rotatable bonds is 5. The average molecular weight is 276 g/mol. The van der Waals surface area contributed by atoms with Crippen LogP contribution in [0, 0.1) is 5.92 Å². The molecule has 0 spiro atoms. The number of aliphatic hydroxyl groups excluding tert-OH is 2. The topological polar surface area (TPSA) is 49.7 Å². The summed E-state index contributed by atoms with van der Waals surface area (Å²) in [6.07, 6.45) is 7.05. The molecule has 1 aromatic carbocycles. The zero-order valence-electron chi connectivity index (χ0n) is 11.9. The van der Waals surface area contributed by atoms with E-state index in [2.05, 4.69) is 0 Å². The van der Waals surface area contributed by atoms with Crippen molar-refractivity contribution in [3.8, 4) is 5.75 Å². The van der Waals surface area contributed by atoms with Gasteiger partial charge in [-0.3, -0.25) is 0 Å². The van der Waals surface area contributed by atoms with Gasteiger partial charge < -0.3 is 14.9 Å². The molecule has 0 heterocycles. The van der Waals surface area contributed by atoms with Crippen LogP contribution in [0.3, 0.4) is 0 Å². The van der Waals surface area contributed by atoms with Crippen LogP contribution in [0.25, 0.3) is 0 Å². The Balaban J connectivity index is 1.50. The highest BCUT2D eigenvalue weighted by Gasteiger charge is 2.21. The highest BCUT2D eigenvalue weighted by atomic mass is 16.5. The highest BCUT2D eigenvalue weighted by Crippen LogP contribution is 2.33. The van der Waals surface area contributed by atoms with Gasteiger partial charge in [-0.05, 0) is 48.4 Å². The molecule has 0 bridgehead atoms. The predicted octanol–water partition coefficient (Wildman–Crippen LogP) is 2.99. The first kappa shape index (κ1) is 13.9. The van der Waals surface area contributed by atoms with Crippen LogP contribution in [-0.2, 0) is 6.42 Å². The fourth-order valence-corrected chi connectivity index (χ4v) is 3.55. The van der Waals surface area contributed by atoms with Crippen molar-refractivity contribution in [1.29, 1.82) is 0 Å². The molecule has 2 aliphatic carbocycles. The lowest BCUT2D eigenvalue weighted by Gasteiger charge is -2.16. The summed E-state index contributed by atoms with van der Waals surface area (Å²) in [5.74, 6) is 1.49. The maximum Gasteiger partial charge on any atom is 0.119 e. The second-order valence-electron chi connectivity index (χ2n) is 6.27. The van der Waals surface area contributed by atoms with Crippen LogP contribution in [0.2, 0.25) is 0 Å². The Labute approximate surface area is 120 Å². The smallest absolute Gasteiger partial charge is 0.119 e. The predicted molar refractivity (Wildman–Crippen MR) is 77.8 cm³/mol. The molecule has 1 fully saturated rings. The first-order chi connectivity index (χ1) is 9.72. The maximum atomic E-state index is 10.0. The van der Waals surface area contributed by atoms with Crippen molar-refractivity contribution >= 4 is 0 Å². The maximum absolute atomic E-state index is 10.0. The summed E-state index contributed by atoms with van der Waals surface area (Å²) in [5, 5.41) is 19.8. The summed E-state index contributed by atoms with van der Waals surface area (Å²) in [7, 11) is 0. The van der Waals surface area contributed by atoms with Crippen LogP contribution in [-0.4, -0.2) is 22.9 Å². The van der Waals surface area contributed by atoms with Crippen LogP contribution in [0.5, 0.6) is 5.75 Å². The largest absolute Gasteiger partial charge is 0.491 e. The molecule has 1 unspecified atom stereocenters. The lowest BCUT2D eigenvalue weighted by Crippen LogP contribution is -2.20. The van der Waals surface area contributed by atoms with Crippen molar-refractivity contribution in [1.82, 2.24) is 0 Å². The average Bonchev–Trinajstić information content (AvgIpc) is 3.07. The van der Waals surface area contributed by atoms with Gasteiger partial charge in [0.15, 0.2) is 0 Å². The Morgan fingerprint density at radius 3 is 2.80 bits per heavy atom. The molecule has 2 aliphatic rings. The summed E-state index contributed by atoms with van der Waals surface area (Å²) in [6.45, 7) is 0.373. The Morgan fingerprint density at radius 2 is 2.00 bits per heavy atom. The molecule has 1 aromatic rings. The summed E-state index contributed by atoms with van der Waals surface area (Å²) >= 11 is 0.